The summed E-state index contributed by atoms with van der Waals surface area (Å²) in [5, 5.41) is 11.7. The molecule has 0 saturated carbocycles. The van der Waals surface area contributed by atoms with Crippen LogP contribution in [-0.4, -0.2) is 23.2 Å². The van der Waals surface area contributed by atoms with Crippen molar-refractivity contribution in [3.63, 3.8) is 0 Å². The van der Waals surface area contributed by atoms with Gasteiger partial charge < -0.3 is 9.15 Å². The first-order valence-corrected chi connectivity index (χ1v) is 7.57. The Hall–Kier alpha value is -2.93. The molecule has 2 aromatic heterocycles. The second-order valence-corrected chi connectivity index (χ2v) is 5.49. The molecule has 7 heteroatoms. The van der Waals surface area contributed by atoms with Crippen molar-refractivity contribution >= 4 is 34.5 Å². The summed E-state index contributed by atoms with van der Waals surface area (Å²) in [7, 11) is 1.63. The van der Waals surface area contributed by atoms with Crippen LogP contribution in [0.1, 0.15) is 21.1 Å². The third-order valence-electron chi connectivity index (χ3n) is 2.94. The van der Waals surface area contributed by atoms with Crippen LogP contribution in [0.25, 0.3) is 12.2 Å². The van der Waals surface area contributed by atoms with Crippen LogP contribution in [0.5, 0.6) is 5.75 Å². The maximum atomic E-state index is 11.8. The molecule has 6 nitrogen and oxygen atoms in total. The van der Waals surface area contributed by atoms with Gasteiger partial charge in [-0.3, -0.25) is 10.1 Å². The van der Waals surface area contributed by atoms with Crippen LogP contribution >= 0.6 is 11.3 Å². The van der Waals surface area contributed by atoms with Gasteiger partial charge in [-0.15, -0.1) is 10.2 Å². The van der Waals surface area contributed by atoms with E-state index in [1.807, 2.05) is 36.4 Å². The van der Waals surface area contributed by atoms with Gasteiger partial charge in [0, 0.05) is 0 Å². The minimum Gasteiger partial charge on any atom is -0.497 e. The number of amides is 1. The number of aromatic nitrogens is 2. The molecule has 0 fully saturated rings. The lowest BCUT2D eigenvalue weighted by atomic mass is 10.2. The molecule has 0 spiro atoms. The molecule has 0 aliphatic rings. The van der Waals surface area contributed by atoms with E-state index in [4.69, 9.17) is 9.15 Å². The zero-order valence-electron chi connectivity index (χ0n) is 12.2. The van der Waals surface area contributed by atoms with Crippen LogP contribution in [0, 0.1) is 0 Å². The molecular weight excluding hydrogens is 314 g/mol. The molecule has 23 heavy (non-hydrogen) atoms. The topological polar surface area (TPSA) is 77.3 Å². The quantitative estimate of drug-likeness (QED) is 0.775. The average molecular weight is 327 g/mol. The zero-order valence-corrected chi connectivity index (χ0v) is 13.0. The second-order valence-electron chi connectivity index (χ2n) is 4.48. The smallest absolute Gasteiger partial charge is 0.293 e. The van der Waals surface area contributed by atoms with E-state index in [1.165, 1.54) is 17.6 Å². The van der Waals surface area contributed by atoms with Crippen molar-refractivity contribution in [2.75, 3.05) is 12.4 Å². The Balaban J connectivity index is 1.64. The van der Waals surface area contributed by atoms with Gasteiger partial charge in [0.1, 0.15) is 10.8 Å². The molecule has 0 atom stereocenters. The standard InChI is InChI=1S/C16H13N3O3S/c1-21-12-7-4-11(5-8-12)6-9-14-18-19-16(23-14)17-15(20)13-3-2-10-22-13/h2-10H,1H3,(H,17,19,20)/b9-6+. The fourth-order valence-corrected chi connectivity index (χ4v) is 2.44. The summed E-state index contributed by atoms with van der Waals surface area (Å²) in [4.78, 5) is 11.8. The molecule has 116 valence electrons. The summed E-state index contributed by atoms with van der Waals surface area (Å²) in [5.41, 5.74) is 1.02. The highest BCUT2D eigenvalue weighted by Crippen LogP contribution is 2.19. The summed E-state index contributed by atoms with van der Waals surface area (Å²) < 4.78 is 10.1. The Morgan fingerprint density at radius 3 is 2.74 bits per heavy atom. The number of carbonyl (C=O) groups is 1. The van der Waals surface area contributed by atoms with Gasteiger partial charge in [0.25, 0.3) is 5.91 Å². The Labute approximate surface area is 136 Å². The van der Waals surface area contributed by atoms with Crippen molar-refractivity contribution in [3.8, 4) is 5.75 Å². The van der Waals surface area contributed by atoms with E-state index >= 15 is 0 Å². The van der Waals surface area contributed by atoms with E-state index in [1.54, 1.807) is 19.2 Å². The first kappa shape index (κ1) is 15.0. The van der Waals surface area contributed by atoms with E-state index in [0.29, 0.717) is 10.1 Å². The Kier molecular flexibility index (Phi) is 4.49. The maximum Gasteiger partial charge on any atom is 0.293 e. The SMILES string of the molecule is COc1ccc(/C=C/c2nnc(NC(=O)c3ccco3)s2)cc1. The van der Waals surface area contributed by atoms with Gasteiger partial charge in [0.05, 0.1) is 13.4 Å². The number of ether oxygens (including phenoxy) is 1. The van der Waals surface area contributed by atoms with E-state index in [2.05, 4.69) is 15.5 Å². The molecule has 0 aliphatic heterocycles. The average Bonchev–Trinajstić information content (AvgIpc) is 3.25. The lowest BCUT2D eigenvalue weighted by Crippen LogP contribution is -2.10. The number of benzene rings is 1. The maximum absolute atomic E-state index is 11.8. The third-order valence-corrected chi connectivity index (χ3v) is 3.74. The molecule has 0 unspecified atom stereocenters. The summed E-state index contributed by atoms with van der Waals surface area (Å²) >= 11 is 1.28. The first-order valence-electron chi connectivity index (χ1n) is 6.75. The van der Waals surface area contributed by atoms with Crippen molar-refractivity contribution in [2.45, 2.75) is 0 Å². The third kappa shape index (κ3) is 3.83. The summed E-state index contributed by atoms with van der Waals surface area (Å²) in [6, 6.07) is 10.9. The first-order chi connectivity index (χ1) is 11.2. The van der Waals surface area contributed by atoms with Crippen LogP contribution in [-0.2, 0) is 0 Å². The Bertz CT molecular complexity index is 807. The van der Waals surface area contributed by atoms with E-state index < -0.39 is 0 Å². The number of furan rings is 1. The molecule has 1 aromatic carbocycles. The predicted octanol–water partition coefficient (Wildman–Crippen LogP) is 3.56. The highest BCUT2D eigenvalue weighted by atomic mass is 32.1. The summed E-state index contributed by atoms with van der Waals surface area (Å²) in [6.45, 7) is 0. The van der Waals surface area contributed by atoms with Crippen molar-refractivity contribution in [3.05, 3.63) is 59.0 Å². The molecule has 3 aromatic rings. The highest BCUT2D eigenvalue weighted by molar-refractivity contribution is 7.16. The lowest BCUT2D eigenvalue weighted by Gasteiger charge is -1.98. The van der Waals surface area contributed by atoms with Gasteiger partial charge in [0.2, 0.25) is 5.13 Å². The Morgan fingerprint density at radius 1 is 1.22 bits per heavy atom. The van der Waals surface area contributed by atoms with Crippen molar-refractivity contribution in [2.24, 2.45) is 0 Å². The van der Waals surface area contributed by atoms with E-state index in [-0.39, 0.29) is 11.7 Å². The number of carbonyl (C=O) groups excluding carboxylic acids is 1. The fourth-order valence-electron chi connectivity index (χ4n) is 1.80. The van der Waals surface area contributed by atoms with Gasteiger partial charge in [-0.2, -0.15) is 0 Å². The van der Waals surface area contributed by atoms with Gasteiger partial charge in [-0.25, -0.2) is 0 Å². The zero-order chi connectivity index (χ0) is 16.1. The van der Waals surface area contributed by atoms with Crippen molar-refractivity contribution in [1.29, 1.82) is 0 Å². The predicted molar refractivity (Wildman–Crippen MR) is 88.5 cm³/mol. The van der Waals surface area contributed by atoms with Gasteiger partial charge in [-0.1, -0.05) is 29.5 Å². The minimum atomic E-state index is -0.350. The van der Waals surface area contributed by atoms with Gasteiger partial charge >= 0.3 is 0 Å². The van der Waals surface area contributed by atoms with Crippen LogP contribution in [0.2, 0.25) is 0 Å². The van der Waals surface area contributed by atoms with Crippen LogP contribution in [0.4, 0.5) is 5.13 Å². The Morgan fingerprint density at radius 2 is 2.04 bits per heavy atom. The lowest BCUT2D eigenvalue weighted by molar-refractivity contribution is 0.0996. The number of methoxy groups -OCH3 is 1. The number of nitrogens with one attached hydrogen (secondary N) is 1. The van der Waals surface area contributed by atoms with Crippen LogP contribution < -0.4 is 10.1 Å². The second kappa shape index (κ2) is 6.89. The normalized spacial score (nSPS) is 10.8. The van der Waals surface area contributed by atoms with E-state index in [0.717, 1.165) is 11.3 Å². The number of hydrogen-bond donors (Lipinski definition) is 1. The van der Waals surface area contributed by atoms with Crippen LogP contribution in [0.3, 0.4) is 0 Å². The minimum absolute atomic E-state index is 0.232. The summed E-state index contributed by atoms with van der Waals surface area (Å²) in [5.74, 6) is 0.688. The molecular formula is C16H13N3O3S. The molecule has 0 saturated heterocycles. The molecule has 0 radical (unpaired) electrons. The van der Waals surface area contributed by atoms with E-state index in [9.17, 15) is 4.79 Å². The number of hydrogen-bond acceptors (Lipinski definition) is 6. The summed E-state index contributed by atoms with van der Waals surface area (Å²) in [6.07, 6.45) is 5.19. The van der Waals surface area contributed by atoms with Crippen molar-refractivity contribution < 1.29 is 13.9 Å². The highest BCUT2D eigenvalue weighted by Gasteiger charge is 2.11. The molecule has 0 aliphatic carbocycles. The monoisotopic (exact) mass is 327 g/mol. The molecule has 1 amide bonds. The number of rotatable bonds is 5. The molecule has 3 rings (SSSR count). The molecule has 0 bridgehead atoms. The van der Waals surface area contributed by atoms with Gasteiger partial charge in [-0.05, 0) is 35.9 Å². The number of anilines is 1. The fraction of sp³-hybridized carbons (Fsp3) is 0.0625. The van der Waals surface area contributed by atoms with Gasteiger partial charge in [0.15, 0.2) is 5.76 Å². The number of nitrogens with zero attached hydrogens (tertiary/aromatic N) is 2. The molecule has 2 heterocycles. The van der Waals surface area contributed by atoms with Crippen LogP contribution in [0.15, 0.2) is 47.1 Å². The van der Waals surface area contributed by atoms with Crippen molar-refractivity contribution in [1.82, 2.24) is 10.2 Å². The molecule has 1 N–H and O–H groups in total. The largest absolute Gasteiger partial charge is 0.497 e.